The summed E-state index contributed by atoms with van der Waals surface area (Å²) in [5.41, 5.74) is 0.893. The van der Waals surface area contributed by atoms with E-state index in [-0.39, 0.29) is 0 Å². The van der Waals surface area contributed by atoms with E-state index in [1.54, 1.807) is 24.3 Å². The Morgan fingerprint density at radius 1 is 0.812 bits per heavy atom. The Balaban J connectivity index is 2.91. The van der Waals surface area contributed by atoms with Gasteiger partial charge in [-0.3, -0.25) is 0 Å². The Morgan fingerprint density at radius 3 is 1.75 bits per heavy atom. The van der Waals surface area contributed by atoms with E-state index in [2.05, 4.69) is 9.98 Å². The van der Waals surface area contributed by atoms with Crippen LogP contribution in [-0.2, 0) is 9.59 Å². The minimum absolute atomic E-state index is 0.446. The van der Waals surface area contributed by atoms with Gasteiger partial charge < -0.3 is 0 Å². The standard InChI is InChI=1S/C12H6N2O2/c15-7-13-10-5-1-3-9-4-2-6-11(12(9)10)14-8-16/h1-6H. The van der Waals surface area contributed by atoms with Crippen LogP contribution >= 0.6 is 0 Å². The molecule has 4 nitrogen and oxygen atoms in total. The zero-order valence-corrected chi connectivity index (χ0v) is 8.18. The van der Waals surface area contributed by atoms with Gasteiger partial charge in [0.1, 0.15) is 0 Å². The molecule has 0 spiro atoms. The van der Waals surface area contributed by atoms with Crippen molar-refractivity contribution in [1.82, 2.24) is 0 Å². The molecule has 2 aromatic rings. The summed E-state index contributed by atoms with van der Waals surface area (Å²) >= 11 is 0. The smallest absolute Gasteiger partial charge is 0.211 e. The van der Waals surface area contributed by atoms with Gasteiger partial charge >= 0.3 is 0 Å². The maximum absolute atomic E-state index is 10.3. The van der Waals surface area contributed by atoms with E-state index in [1.165, 1.54) is 12.2 Å². The summed E-state index contributed by atoms with van der Waals surface area (Å²) in [6.45, 7) is 0. The van der Waals surface area contributed by atoms with E-state index >= 15 is 0 Å². The molecule has 0 radical (unpaired) electrons. The molecule has 0 aliphatic rings. The third kappa shape index (κ3) is 1.66. The Morgan fingerprint density at radius 2 is 1.31 bits per heavy atom. The van der Waals surface area contributed by atoms with E-state index in [0.717, 1.165) is 5.39 Å². The SMILES string of the molecule is O=C=Nc1cccc2cccc(N=C=O)c12. The second kappa shape index (κ2) is 4.32. The fraction of sp³-hybridized carbons (Fsp3) is 0. The normalized spacial score (nSPS) is 9.25. The van der Waals surface area contributed by atoms with Crippen molar-refractivity contribution in [2.24, 2.45) is 9.98 Å². The minimum Gasteiger partial charge on any atom is -0.211 e. The molecule has 2 aromatic carbocycles. The molecule has 0 unspecified atom stereocenters. The first-order valence-electron chi connectivity index (χ1n) is 4.54. The summed E-state index contributed by atoms with van der Waals surface area (Å²) in [6.07, 6.45) is 2.96. The lowest BCUT2D eigenvalue weighted by Gasteiger charge is -2.02. The third-order valence-corrected chi connectivity index (χ3v) is 2.19. The van der Waals surface area contributed by atoms with Crippen molar-refractivity contribution in [2.75, 3.05) is 0 Å². The molecule has 0 aliphatic heterocycles. The molecule has 0 atom stereocenters. The van der Waals surface area contributed by atoms with Gasteiger partial charge in [-0.05, 0) is 17.5 Å². The van der Waals surface area contributed by atoms with Crippen molar-refractivity contribution in [2.45, 2.75) is 0 Å². The topological polar surface area (TPSA) is 58.9 Å². The predicted molar refractivity (Wildman–Crippen MR) is 59.5 cm³/mol. The highest BCUT2D eigenvalue weighted by Crippen LogP contribution is 2.33. The average molecular weight is 210 g/mol. The highest BCUT2D eigenvalue weighted by Gasteiger charge is 2.04. The van der Waals surface area contributed by atoms with Crippen LogP contribution in [-0.4, -0.2) is 12.2 Å². The van der Waals surface area contributed by atoms with Crippen LogP contribution in [0.3, 0.4) is 0 Å². The van der Waals surface area contributed by atoms with Gasteiger partial charge in [-0.25, -0.2) is 9.59 Å². The number of rotatable bonds is 2. The molecule has 76 valence electrons. The number of hydrogen-bond acceptors (Lipinski definition) is 4. The van der Waals surface area contributed by atoms with Crippen LogP contribution in [0.4, 0.5) is 11.4 Å². The summed E-state index contributed by atoms with van der Waals surface area (Å²) < 4.78 is 0. The number of isocyanates is 2. The first kappa shape index (κ1) is 9.99. The van der Waals surface area contributed by atoms with Crippen molar-refractivity contribution in [3.63, 3.8) is 0 Å². The molecule has 0 bridgehead atoms. The second-order valence-corrected chi connectivity index (χ2v) is 3.06. The zero-order valence-electron chi connectivity index (χ0n) is 8.18. The highest BCUT2D eigenvalue weighted by molar-refractivity contribution is 6.01. The summed E-state index contributed by atoms with van der Waals surface area (Å²) in [5, 5.41) is 1.50. The van der Waals surface area contributed by atoms with Gasteiger partial charge in [0.25, 0.3) is 0 Å². The van der Waals surface area contributed by atoms with Gasteiger partial charge in [0.05, 0.1) is 11.4 Å². The highest BCUT2D eigenvalue weighted by atomic mass is 16.1. The average Bonchev–Trinajstić information content (AvgIpc) is 2.30. The van der Waals surface area contributed by atoms with E-state index in [1.807, 2.05) is 12.1 Å². The largest absolute Gasteiger partial charge is 0.240 e. The molecular weight excluding hydrogens is 204 g/mol. The van der Waals surface area contributed by atoms with Gasteiger partial charge in [-0.2, -0.15) is 9.98 Å². The monoisotopic (exact) mass is 210 g/mol. The zero-order chi connectivity index (χ0) is 11.4. The van der Waals surface area contributed by atoms with Crippen molar-refractivity contribution < 1.29 is 9.59 Å². The number of nitrogens with zero attached hydrogens (tertiary/aromatic N) is 2. The molecule has 16 heavy (non-hydrogen) atoms. The van der Waals surface area contributed by atoms with Gasteiger partial charge in [-0.15, -0.1) is 0 Å². The van der Waals surface area contributed by atoms with Crippen molar-refractivity contribution in [3.05, 3.63) is 36.4 Å². The third-order valence-electron chi connectivity index (χ3n) is 2.19. The van der Waals surface area contributed by atoms with Crippen molar-refractivity contribution in [1.29, 1.82) is 0 Å². The second-order valence-electron chi connectivity index (χ2n) is 3.06. The minimum atomic E-state index is 0.446. The molecule has 4 heteroatoms. The molecule has 0 N–H and O–H groups in total. The quantitative estimate of drug-likeness (QED) is 0.565. The molecule has 0 heterocycles. The summed E-state index contributed by atoms with van der Waals surface area (Å²) in [4.78, 5) is 27.7. The Labute approximate surface area is 91.0 Å². The lowest BCUT2D eigenvalue weighted by atomic mass is 10.1. The van der Waals surface area contributed by atoms with Crippen LogP contribution < -0.4 is 0 Å². The van der Waals surface area contributed by atoms with Crippen LogP contribution in [0.25, 0.3) is 10.8 Å². The first-order valence-corrected chi connectivity index (χ1v) is 4.54. The number of aliphatic imine (C=N–C) groups is 2. The van der Waals surface area contributed by atoms with Gasteiger partial charge in [0.2, 0.25) is 12.2 Å². The van der Waals surface area contributed by atoms with E-state index < -0.39 is 0 Å². The molecule has 0 amide bonds. The van der Waals surface area contributed by atoms with E-state index in [9.17, 15) is 9.59 Å². The fourth-order valence-electron chi connectivity index (χ4n) is 1.59. The van der Waals surface area contributed by atoms with Crippen molar-refractivity contribution >= 4 is 34.3 Å². The molecular formula is C12H6N2O2. The Hall–Kier alpha value is -2.54. The maximum atomic E-state index is 10.3. The number of benzene rings is 2. The Bertz CT molecular complexity index is 584. The predicted octanol–water partition coefficient (Wildman–Crippen LogP) is 2.77. The van der Waals surface area contributed by atoms with Gasteiger partial charge in [0.15, 0.2) is 0 Å². The van der Waals surface area contributed by atoms with Gasteiger partial charge in [-0.1, -0.05) is 24.3 Å². The lowest BCUT2D eigenvalue weighted by Crippen LogP contribution is -1.75. The van der Waals surface area contributed by atoms with Gasteiger partial charge in [0, 0.05) is 5.39 Å². The number of hydrogen-bond donors (Lipinski definition) is 0. The van der Waals surface area contributed by atoms with E-state index in [4.69, 9.17) is 0 Å². The molecule has 0 saturated heterocycles. The fourth-order valence-corrected chi connectivity index (χ4v) is 1.59. The van der Waals surface area contributed by atoms with Crippen LogP contribution in [0.2, 0.25) is 0 Å². The first-order chi connectivity index (χ1) is 7.86. The molecule has 2 rings (SSSR count). The van der Waals surface area contributed by atoms with Crippen molar-refractivity contribution in [3.8, 4) is 0 Å². The summed E-state index contributed by atoms with van der Waals surface area (Å²) in [6, 6.07) is 10.6. The lowest BCUT2D eigenvalue weighted by molar-refractivity contribution is 0.565. The molecule has 0 aliphatic carbocycles. The molecule has 0 aromatic heterocycles. The van der Waals surface area contributed by atoms with Crippen LogP contribution in [0, 0.1) is 0 Å². The Kier molecular flexibility index (Phi) is 2.70. The number of fused-ring (bicyclic) bond motifs is 1. The molecule has 0 saturated carbocycles. The number of carbonyl (C=O) groups excluding carboxylic acids is 2. The molecule has 0 fully saturated rings. The summed E-state index contributed by atoms with van der Waals surface area (Å²) in [7, 11) is 0. The van der Waals surface area contributed by atoms with Crippen LogP contribution in [0.5, 0.6) is 0 Å². The van der Waals surface area contributed by atoms with Crippen LogP contribution in [0.15, 0.2) is 46.4 Å². The maximum Gasteiger partial charge on any atom is 0.240 e. The summed E-state index contributed by atoms with van der Waals surface area (Å²) in [5.74, 6) is 0. The van der Waals surface area contributed by atoms with E-state index in [0.29, 0.717) is 16.8 Å². The van der Waals surface area contributed by atoms with Crippen LogP contribution in [0.1, 0.15) is 0 Å².